The van der Waals surface area contributed by atoms with Crippen LogP contribution in [0.15, 0.2) is 84.9 Å². The number of hydrogen-bond donors (Lipinski definition) is 4. The lowest BCUT2D eigenvalue weighted by atomic mass is 9.91. The third kappa shape index (κ3) is 6.19. The molecule has 4 N–H and O–H groups in total. The van der Waals surface area contributed by atoms with Gasteiger partial charge in [-0.05, 0) is 60.2 Å². The molecule has 178 valence electrons. The Labute approximate surface area is 202 Å². The highest BCUT2D eigenvalue weighted by Gasteiger charge is 2.19. The fraction of sp³-hybridized carbons (Fsp3) is 0.310. The SMILES string of the molecule is CC(C)(C)CC(O)Nc1ccc2c(c1)cc(C(O)Nc1ccccc1)n2CCc1ccccc1. The lowest BCUT2D eigenvalue weighted by Gasteiger charge is -2.23. The highest BCUT2D eigenvalue weighted by atomic mass is 16.3. The summed E-state index contributed by atoms with van der Waals surface area (Å²) in [6.07, 6.45) is 0.0320. The minimum Gasteiger partial charge on any atom is -0.374 e. The van der Waals surface area contributed by atoms with Gasteiger partial charge < -0.3 is 25.4 Å². The summed E-state index contributed by atoms with van der Waals surface area (Å²) in [6.45, 7) is 7.08. The van der Waals surface area contributed by atoms with E-state index in [4.69, 9.17) is 0 Å². The van der Waals surface area contributed by atoms with Crippen molar-refractivity contribution < 1.29 is 10.2 Å². The van der Waals surface area contributed by atoms with Gasteiger partial charge in [0.05, 0.1) is 5.69 Å². The molecule has 5 nitrogen and oxygen atoms in total. The molecule has 0 fully saturated rings. The summed E-state index contributed by atoms with van der Waals surface area (Å²) in [5, 5.41) is 29.0. The van der Waals surface area contributed by atoms with Crippen LogP contribution in [0, 0.1) is 5.41 Å². The third-order valence-corrected chi connectivity index (χ3v) is 5.90. The molecule has 0 aliphatic heterocycles. The van der Waals surface area contributed by atoms with E-state index in [9.17, 15) is 10.2 Å². The molecule has 1 aromatic heterocycles. The largest absolute Gasteiger partial charge is 0.374 e. The Bertz CT molecular complexity index is 1200. The number of aliphatic hydroxyl groups excluding tert-OH is 2. The third-order valence-electron chi connectivity index (χ3n) is 5.90. The maximum Gasteiger partial charge on any atom is 0.166 e. The first-order chi connectivity index (χ1) is 16.3. The molecule has 34 heavy (non-hydrogen) atoms. The van der Waals surface area contributed by atoms with E-state index in [0.717, 1.165) is 40.9 Å². The van der Waals surface area contributed by atoms with Gasteiger partial charge >= 0.3 is 0 Å². The van der Waals surface area contributed by atoms with Crippen LogP contribution in [0.4, 0.5) is 11.4 Å². The van der Waals surface area contributed by atoms with Crippen molar-refractivity contribution in [3.63, 3.8) is 0 Å². The fourth-order valence-corrected chi connectivity index (χ4v) is 4.33. The molecular formula is C29H35N3O2. The van der Waals surface area contributed by atoms with Crippen LogP contribution in [0.3, 0.4) is 0 Å². The Morgan fingerprint density at radius 2 is 1.47 bits per heavy atom. The van der Waals surface area contributed by atoms with Crippen LogP contribution in [0.2, 0.25) is 0 Å². The average Bonchev–Trinajstić information content (AvgIpc) is 3.15. The van der Waals surface area contributed by atoms with Crippen LogP contribution >= 0.6 is 0 Å². The van der Waals surface area contributed by atoms with Crippen molar-refractivity contribution in [3.8, 4) is 0 Å². The number of nitrogens with one attached hydrogen (secondary N) is 2. The van der Waals surface area contributed by atoms with E-state index in [0.29, 0.717) is 6.42 Å². The van der Waals surface area contributed by atoms with Crippen molar-refractivity contribution in [2.75, 3.05) is 10.6 Å². The number of rotatable bonds is 9. The molecule has 1 heterocycles. The molecule has 0 aliphatic rings. The van der Waals surface area contributed by atoms with Crippen LogP contribution < -0.4 is 10.6 Å². The van der Waals surface area contributed by atoms with Gasteiger partial charge in [-0.1, -0.05) is 69.3 Å². The Balaban J connectivity index is 1.63. The molecule has 3 aromatic carbocycles. The van der Waals surface area contributed by atoms with E-state index in [2.05, 4.69) is 66.3 Å². The highest BCUT2D eigenvalue weighted by Crippen LogP contribution is 2.29. The number of aryl methyl sites for hydroxylation is 2. The first kappa shape index (κ1) is 23.9. The van der Waals surface area contributed by atoms with Gasteiger partial charge in [0.15, 0.2) is 6.23 Å². The predicted molar refractivity (Wildman–Crippen MR) is 141 cm³/mol. The van der Waals surface area contributed by atoms with E-state index in [1.54, 1.807) is 0 Å². The van der Waals surface area contributed by atoms with Gasteiger partial charge in [-0.3, -0.25) is 0 Å². The molecule has 4 rings (SSSR count). The molecule has 2 atom stereocenters. The van der Waals surface area contributed by atoms with Gasteiger partial charge in [0.25, 0.3) is 0 Å². The maximum absolute atomic E-state index is 11.1. The van der Waals surface area contributed by atoms with E-state index >= 15 is 0 Å². The number of para-hydroxylation sites is 1. The topological polar surface area (TPSA) is 69.4 Å². The Hall–Kier alpha value is -3.28. The first-order valence-electron chi connectivity index (χ1n) is 11.9. The molecular weight excluding hydrogens is 422 g/mol. The van der Waals surface area contributed by atoms with Gasteiger partial charge in [0.2, 0.25) is 0 Å². The van der Waals surface area contributed by atoms with E-state index in [1.165, 1.54) is 5.56 Å². The van der Waals surface area contributed by atoms with Crippen molar-refractivity contribution in [3.05, 3.63) is 96.2 Å². The lowest BCUT2D eigenvalue weighted by Crippen LogP contribution is -2.25. The molecule has 0 aliphatic carbocycles. The van der Waals surface area contributed by atoms with Crippen LogP contribution in [0.25, 0.3) is 10.9 Å². The quantitative estimate of drug-likeness (QED) is 0.227. The van der Waals surface area contributed by atoms with Crippen LogP contribution in [0.5, 0.6) is 0 Å². The molecule has 0 spiro atoms. The average molecular weight is 458 g/mol. The van der Waals surface area contributed by atoms with Gasteiger partial charge in [-0.25, -0.2) is 0 Å². The summed E-state index contributed by atoms with van der Waals surface area (Å²) < 4.78 is 2.18. The number of anilines is 2. The summed E-state index contributed by atoms with van der Waals surface area (Å²) in [6, 6.07) is 28.2. The number of hydrogen-bond acceptors (Lipinski definition) is 4. The summed E-state index contributed by atoms with van der Waals surface area (Å²) in [5.74, 6) is 0. The Kier molecular flexibility index (Phi) is 7.25. The second-order valence-corrected chi connectivity index (χ2v) is 10.1. The molecule has 0 radical (unpaired) electrons. The second kappa shape index (κ2) is 10.3. The lowest BCUT2D eigenvalue weighted by molar-refractivity contribution is 0.145. The number of aliphatic hydroxyl groups is 2. The zero-order valence-corrected chi connectivity index (χ0v) is 20.2. The molecule has 5 heteroatoms. The highest BCUT2D eigenvalue weighted by molar-refractivity contribution is 5.85. The molecule has 4 aromatic rings. The zero-order chi connectivity index (χ0) is 24.1. The molecule has 0 saturated carbocycles. The van der Waals surface area contributed by atoms with Gasteiger partial charge in [-0.15, -0.1) is 0 Å². The normalized spacial score (nSPS) is 13.6. The van der Waals surface area contributed by atoms with Crippen LogP contribution in [-0.4, -0.2) is 21.0 Å². The first-order valence-corrected chi connectivity index (χ1v) is 11.9. The van der Waals surface area contributed by atoms with Crippen molar-refractivity contribution in [2.45, 2.75) is 52.6 Å². The number of aromatic nitrogens is 1. The predicted octanol–water partition coefficient (Wildman–Crippen LogP) is 6.15. The number of benzene rings is 3. The van der Waals surface area contributed by atoms with Crippen LogP contribution in [0.1, 0.15) is 44.7 Å². The molecule has 0 amide bonds. The minimum absolute atomic E-state index is 0.0255. The molecule has 2 unspecified atom stereocenters. The Morgan fingerprint density at radius 1 is 0.794 bits per heavy atom. The van der Waals surface area contributed by atoms with E-state index in [-0.39, 0.29) is 5.41 Å². The van der Waals surface area contributed by atoms with Crippen molar-refractivity contribution >= 4 is 22.3 Å². The maximum atomic E-state index is 11.1. The van der Waals surface area contributed by atoms with Crippen molar-refractivity contribution in [2.24, 2.45) is 5.41 Å². The monoisotopic (exact) mass is 457 g/mol. The van der Waals surface area contributed by atoms with Gasteiger partial charge in [0, 0.05) is 28.8 Å². The number of nitrogens with zero attached hydrogens (tertiary/aromatic N) is 1. The number of fused-ring (bicyclic) bond motifs is 1. The van der Waals surface area contributed by atoms with Crippen LogP contribution in [-0.2, 0) is 13.0 Å². The summed E-state index contributed by atoms with van der Waals surface area (Å²) in [7, 11) is 0. The minimum atomic E-state index is -0.853. The van der Waals surface area contributed by atoms with Gasteiger partial charge in [0.1, 0.15) is 6.23 Å². The van der Waals surface area contributed by atoms with Gasteiger partial charge in [-0.2, -0.15) is 0 Å². The summed E-state index contributed by atoms with van der Waals surface area (Å²) in [5.41, 5.74) is 4.86. The second-order valence-electron chi connectivity index (χ2n) is 10.1. The summed E-state index contributed by atoms with van der Waals surface area (Å²) >= 11 is 0. The molecule has 0 bridgehead atoms. The van der Waals surface area contributed by atoms with E-state index < -0.39 is 12.5 Å². The van der Waals surface area contributed by atoms with Crippen molar-refractivity contribution in [1.29, 1.82) is 0 Å². The van der Waals surface area contributed by atoms with E-state index in [1.807, 2.05) is 54.6 Å². The summed E-state index contributed by atoms with van der Waals surface area (Å²) in [4.78, 5) is 0. The zero-order valence-electron chi connectivity index (χ0n) is 20.2. The molecule has 0 saturated heterocycles. The fourth-order valence-electron chi connectivity index (χ4n) is 4.33. The smallest absolute Gasteiger partial charge is 0.166 e. The van der Waals surface area contributed by atoms with Crippen molar-refractivity contribution in [1.82, 2.24) is 4.57 Å². The standard InChI is InChI=1S/C29H35N3O2/c1-29(2,3)20-27(33)30-24-14-15-25-22(18-24)19-26(28(34)31-23-12-8-5-9-13-23)32(25)17-16-21-10-6-4-7-11-21/h4-15,18-19,27-28,30-31,33-34H,16-17,20H2,1-3H3. The Morgan fingerprint density at radius 3 is 2.15 bits per heavy atom.